The van der Waals surface area contributed by atoms with Gasteiger partial charge in [0.15, 0.2) is 6.61 Å². The molecule has 0 amide bonds. The van der Waals surface area contributed by atoms with E-state index in [-0.39, 0.29) is 5.57 Å². The Labute approximate surface area is 111 Å². The van der Waals surface area contributed by atoms with E-state index in [9.17, 15) is 31.5 Å². The Kier molecular flexibility index (Phi) is 5.28. The van der Waals surface area contributed by atoms with Crippen LogP contribution in [0.15, 0.2) is 12.2 Å². The predicted molar refractivity (Wildman–Crippen MR) is 56.9 cm³/mol. The van der Waals surface area contributed by atoms with E-state index >= 15 is 0 Å². The van der Waals surface area contributed by atoms with Gasteiger partial charge in [-0.1, -0.05) is 6.58 Å². The zero-order chi connectivity index (χ0) is 16.4. The average molecular weight is 304 g/mol. The normalized spacial score (nSPS) is 12.8. The number of alkyl halides is 5. The van der Waals surface area contributed by atoms with Gasteiger partial charge in [0, 0.05) is 5.57 Å². The first-order valence-corrected chi connectivity index (χ1v) is 5.21. The van der Waals surface area contributed by atoms with Crippen molar-refractivity contribution >= 4 is 11.9 Å². The second-order valence-corrected chi connectivity index (χ2v) is 4.46. The summed E-state index contributed by atoms with van der Waals surface area (Å²) in [5, 5.41) is 0. The van der Waals surface area contributed by atoms with Crippen LogP contribution in [0.4, 0.5) is 22.0 Å². The molecule has 0 aliphatic carbocycles. The van der Waals surface area contributed by atoms with Crippen LogP contribution in [0.3, 0.4) is 0 Å². The van der Waals surface area contributed by atoms with Gasteiger partial charge in [-0.3, -0.25) is 0 Å². The highest BCUT2D eigenvalue weighted by molar-refractivity contribution is 5.90. The summed E-state index contributed by atoms with van der Waals surface area (Å²) >= 11 is 0. The van der Waals surface area contributed by atoms with Gasteiger partial charge in [-0.2, -0.15) is 22.0 Å². The van der Waals surface area contributed by atoms with Crippen LogP contribution in [-0.2, 0) is 19.1 Å². The van der Waals surface area contributed by atoms with E-state index in [1.54, 1.807) is 0 Å². The summed E-state index contributed by atoms with van der Waals surface area (Å²) in [4.78, 5) is 22.5. The SMILES string of the molecule is C=C(C)C(=O)OC(C)(C)C(=O)OCC(F)(F)C(F)(F)F. The van der Waals surface area contributed by atoms with E-state index in [2.05, 4.69) is 16.1 Å². The second-order valence-electron chi connectivity index (χ2n) is 4.46. The summed E-state index contributed by atoms with van der Waals surface area (Å²) in [6.07, 6.45) is -5.84. The first-order valence-electron chi connectivity index (χ1n) is 5.21. The van der Waals surface area contributed by atoms with Crippen molar-refractivity contribution in [3.05, 3.63) is 12.2 Å². The van der Waals surface area contributed by atoms with Gasteiger partial charge in [0.25, 0.3) is 0 Å². The summed E-state index contributed by atoms with van der Waals surface area (Å²) in [6.45, 7) is 4.27. The lowest BCUT2D eigenvalue weighted by molar-refractivity contribution is -0.295. The van der Waals surface area contributed by atoms with Crippen LogP contribution in [0.1, 0.15) is 20.8 Å². The van der Waals surface area contributed by atoms with Crippen molar-refractivity contribution in [1.29, 1.82) is 0 Å². The quantitative estimate of drug-likeness (QED) is 0.445. The zero-order valence-electron chi connectivity index (χ0n) is 10.9. The molecule has 0 heterocycles. The number of esters is 2. The van der Waals surface area contributed by atoms with Gasteiger partial charge in [-0.05, 0) is 20.8 Å². The molecule has 0 spiro atoms. The third-order valence-corrected chi connectivity index (χ3v) is 1.99. The summed E-state index contributed by atoms with van der Waals surface area (Å²) in [5.41, 5.74) is -2.09. The van der Waals surface area contributed by atoms with Crippen molar-refractivity contribution in [3.63, 3.8) is 0 Å². The van der Waals surface area contributed by atoms with Gasteiger partial charge < -0.3 is 9.47 Å². The molecule has 0 saturated heterocycles. The fourth-order valence-corrected chi connectivity index (χ4v) is 0.772. The summed E-state index contributed by atoms with van der Waals surface area (Å²) in [5.74, 6) is -7.72. The Balaban J connectivity index is 4.70. The molecule has 0 aliphatic heterocycles. The van der Waals surface area contributed by atoms with E-state index in [1.807, 2.05) is 0 Å². The lowest BCUT2D eigenvalue weighted by Gasteiger charge is -2.25. The summed E-state index contributed by atoms with van der Waals surface area (Å²) in [7, 11) is 0. The standard InChI is InChI=1S/C11H13F5O4/c1-6(2)7(17)20-9(3,4)8(18)19-5-10(12,13)11(14,15)16/h1,5H2,2-4H3. The molecule has 0 aromatic carbocycles. The van der Waals surface area contributed by atoms with Crippen LogP contribution in [0.5, 0.6) is 0 Å². The topological polar surface area (TPSA) is 52.6 Å². The van der Waals surface area contributed by atoms with Gasteiger partial charge in [0.05, 0.1) is 0 Å². The third-order valence-electron chi connectivity index (χ3n) is 1.99. The van der Waals surface area contributed by atoms with Gasteiger partial charge in [0.1, 0.15) is 0 Å². The van der Waals surface area contributed by atoms with Gasteiger partial charge in [0.2, 0.25) is 5.60 Å². The molecular weight excluding hydrogens is 291 g/mol. The molecule has 20 heavy (non-hydrogen) atoms. The van der Waals surface area contributed by atoms with Crippen LogP contribution < -0.4 is 0 Å². The van der Waals surface area contributed by atoms with Gasteiger partial charge >= 0.3 is 24.0 Å². The van der Waals surface area contributed by atoms with E-state index < -0.39 is 36.2 Å². The molecule has 0 radical (unpaired) electrons. The molecule has 0 N–H and O–H groups in total. The van der Waals surface area contributed by atoms with Crippen LogP contribution in [-0.4, -0.2) is 36.2 Å². The zero-order valence-corrected chi connectivity index (χ0v) is 10.9. The maximum Gasteiger partial charge on any atom is 0.456 e. The maximum absolute atomic E-state index is 12.5. The molecule has 116 valence electrons. The summed E-state index contributed by atoms with van der Waals surface area (Å²) < 4.78 is 69.1. The highest BCUT2D eigenvalue weighted by Gasteiger charge is 2.58. The molecule has 0 atom stereocenters. The maximum atomic E-state index is 12.5. The molecule has 9 heteroatoms. The lowest BCUT2D eigenvalue weighted by Crippen LogP contribution is -2.45. The number of carbonyl (C=O) groups is 2. The van der Waals surface area contributed by atoms with E-state index in [1.165, 1.54) is 6.92 Å². The monoisotopic (exact) mass is 304 g/mol. The number of hydrogen-bond donors (Lipinski definition) is 0. The fourth-order valence-electron chi connectivity index (χ4n) is 0.772. The van der Waals surface area contributed by atoms with E-state index in [4.69, 9.17) is 0 Å². The number of halogens is 5. The number of ether oxygens (including phenoxy) is 2. The molecule has 0 saturated carbocycles. The molecular formula is C11H13F5O4. The van der Waals surface area contributed by atoms with Crippen LogP contribution in [0, 0.1) is 0 Å². The van der Waals surface area contributed by atoms with Crippen molar-refractivity contribution in [3.8, 4) is 0 Å². The Morgan fingerprint density at radius 1 is 1.10 bits per heavy atom. The van der Waals surface area contributed by atoms with Crippen LogP contribution >= 0.6 is 0 Å². The van der Waals surface area contributed by atoms with Crippen molar-refractivity contribution in [1.82, 2.24) is 0 Å². The van der Waals surface area contributed by atoms with Crippen molar-refractivity contribution < 1.29 is 41.0 Å². The Morgan fingerprint density at radius 3 is 1.90 bits per heavy atom. The van der Waals surface area contributed by atoms with Crippen molar-refractivity contribution in [2.24, 2.45) is 0 Å². The fraction of sp³-hybridized carbons (Fsp3) is 0.636. The first-order chi connectivity index (χ1) is 8.71. The van der Waals surface area contributed by atoms with E-state index in [0.29, 0.717) is 0 Å². The van der Waals surface area contributed by atoms with Crippen molar-refractivity contribution in [2.75, 3.05) is 6.61 Å². The minimum absolute atomic E-state index is 0.0773. The minimum Gasteiger partial charge on any atom is -0.456 e. The highest BCUT2D eigenvalue weighted by Crippen LogP contribution is 2.35. The molecule has 0 fully saturated rings. The molecule has 0 bridgehead atoms. The van der Waals surface area contributed by atoms with E-state index in [0.717, 1.165) is 13.8 Å². The first kappa shape index (κ1) is 18.3. The smallest absolute Gasteiger partial charge is 0.456 e. The molecule has 0 unspecified atom stereocenters. The second kappa shape index (κ2) is 5.76. The molecule has 0 aliphatic rings. The van der Waals surface area contributed by atoms with Crippen molar-refractivity contribution in [2.45, 2.75) is 38.5 Å². The Morgan fingerprint density at radius 2 is 1.55 bits per heavy atom. The Hall–Kier alpha value is -1.67. The molecule has 0 aromatic heterocycles. The van der Waals surface area contributed by atoms with Crippen LogP contribution in [0.25, 0.3) is 0 Å². The third kappa shape index (κ3) is 4.78. The number of carbonyl (C=O) groups excluding carboxylic acids is 2. The average Bonchev–Trinajstić information content (AvgIpc) is 2.23. The predicted octanol–water partition coefficient (Wildman–Crippen LogP) is 2.63. The van der Waals surface area contributed by atoms with Gasteiger partial charge in [-0.25, -0.2) is 9.59 Å². The Bertz CT molecular complexity index is 412. The minimum atomic E-state index is -5.84. The van der Waals surface area contributed by atoms with Gasteiger partial charge in [-0.15, -0.1) is 0 Å². The summed E-state index contributed by atoms with van der Waals surface area (Å²) in [6, 6.07) is 0. The lowest BCUT2D eigenvalue weighted by atomic mass is 10.1. The number of rotatable bonds is 5. The number of hydrogen-bond acceptors (Lipinski definition) is 4. The largest absolute Gasteiger partial charge is 0.456 e. The molecule has 0 rings (SSSR count). The van der Waals surface area contributed by atoms with Crippen LogP contribution in [0.2, 0.25) is 0 Å². The highest BCUT2D eigenvalue weighted by atomic mass is 19.4. The molecule has 0 aromatic rings. The molecule has 4 nitrogen and oxygen atoms in total.